The number of methoxy groups -OCH3 is 1. The Kier molecular flexibility index (Phi) is 7.33. The number of amides is 1. The van der Waals surface area contributed by atoms with E-state index in [4.69, 9.17) is 14.2 Å². The predicted molar refractivity (Wildman–Crippen MR) is 128 cm³/mol. The van der Waals surface area contributed by atoms with E-state index in [1.807, 2.05) is 26.0 Å². The van der Waals surface area contributed by atoms with Gasteiger partial charge in [-0.25, -0.2) is 8.42 Å². The molecule has 0 atom stereocenters. The zero-order chi connectivity index (χ0) is 24.3. The largest absolute Gasteiger partial charge is 0.495 e. The number of sulfonamides is 1. The number of ether oxygens (including phenoxy) is 3. The first-order valence-electron chi connectivity index (χ1n) is 11.8. The fourth-order valence-corrected chi connectivity index (χ4v) is 6.23. The molecule has 0 spiro atoms. The molecule has 0 N–H and O–H groups in total. The van der Waals surface area contributed by atoms with Crippen molar-refractivity contribution in [1.29, 1.82) is 0 Å². The highest BCUT2D eigenvalue weighted by atomic mass is 32.2. The molecule has 0 radical (unpaired) electrons. The minimum atomic E-state index is -3.73. The molecule has 0 bridgehead atoms. The van der Waals surface area contributed by atoms with Crippen LogP contribution in [0.25, 0.3) is 0 Å². The van der Waals surface area contributed by atoms with Crippen LogP contribution in [0, 0.1) is 0 Å². The first kappa shape index (κ1) is 24.3. The van der Waals surface area contributed by atoms with Crippen molar-refractivity contribution in [2.24, 2.45) is 0 Å². The molecule has 1 amide bonds. The Hall–Kier alpha value is -2.78. The molecule has 0 aliphatic carbocycles. The van der Waals surface area contributed by atoms with E-state index in [0.717, 1.165) is 29.7 Å². The summed E-state index contributed by atoms with van der Waals surface area (Å²) in [6.07, 6.45) is 2.35. The van der Waals surface area contributed by atoms with Crippen molar-refractivity contribution in [3.63, 3.8) is 0 Å². The molecule has 0 saturated carbocycles. The van der Waals surface area contributed by atoms with Crippen molar-refractivity contribution in [2.45, 2.75) is 44.6 Å². The molecule has 2 aliphatic heterocycles. The van der Waals surface area contributed by atoms with Gasteiger partial charge in [-0.1, -0.05) is 0 Å². The molecule has 0 unspecified atom stereocenters. The molecule has 2 aromatic rings. The van der Waals surface area contributed by atoms with Gasteiger partial charge in [-0.2, -0.15) is 4.31 Å². The Bertz CT molecular complexity index is 1160. The van der Waals surface area contributed by atoms with Gasteiger partial charge in [0, 0.05) is 31.7 Å². The minimum absolute atomic E-state index is 0.0418. The molecule has 8 nitrogen and oxygen atoms in total. The third-order valence-corrected chi connectivity index (χ3v) is 8.18. The number of benzene rings is 2. The summed E-state index contributed by atoms with van der Waals surface area (Å²) in [4.78, 5) is 15.2. The first-order valence-corrected chi connectivity index (χ1v) is 13.2. The minimum Gasteiger partial charge on any atom is -0.495 e. The highest BCUT2D eigenvalue weighted by molar-refractivity contribution is 7.89. The van der Waals surface area contributed by atoms with Crippen LogP contribution in [0.15, 0.2) is 35.2 Å². The fourth-order valence-electron chi connectivity index (χ4n) is 4.54. The molecule has 2 aliphatic rings. The highest BCUT2D eigenvalue weighted by Gasteiger charge is 2.32. The van der Waals surface area contributed by atoms with Gasteiger partial charge in [-0.05, 0) is 74.6 Å². The number of hydrogen-bond donors (Lipinski definition) is 0. The Morgan fingerprint density at radius 2 is 1.56 bits per heavy atom. The lowest BCUT2D eigenvalue weighted by molar-refractivity contribution is 0.0734. The average molecular weight is 489 g/mol. The summed E-state index contributed by atoms with van der Waals surface area (Å²) in [7, 11) is -2.29. The average Bonchev–Trinajstić information content (AvgIpc) is 3.40. The lowest BCUT2D eigenvalue weighted by Crippen LogP contribution is -2.36. The predicted octanol–water partition coefficient (Wildman–Crippen LogP) is 3.48. The van der Waals surface area contributed by atoms with Gasteiger partial charge in [0.25, 0.3) is 5.91 Å². The van der Waals surface area contributed by atoms with E-state index >= 15 is 0 Å². The second kappa shape index (κ2) is 10.2. The Labute approximate surface area is 201 Å². The van der Waals surface area contributed by atoms with Gasteiger partial charge in [-0.3, -0.25) is 4.79 Å². The van der Waals surface area contributed by atoms with Crippen LogP contribution in [0.5, 0.6) is 17.2 Å². The van der Waals surface area contributed by atoms with Crippen LogP contribution in [0.2, 0.25) is 0 Å². The molecule has 184 valence electrons. The van der Waals surface area contributed by atoms with Crippen molar-refractivity contribution in [2.75, 3.05) is 40.0 Å². The molecular formula is C25H32N2O6S. The normalized spacial score (nSPS) is 16.3. The Morgan fingerprint density at radius 3 is 2.18 bits per heavy atom. The molecule has 4 rings (SSSR count). The topological polar surface area (TPSA) is 85.4 Å². The van der Waals surface area contributed by atoms with E-state index in [-0.39, 0.29) is 16.6 Å². The van der Waals surface area contributed by atoms with Gasteiger partial charge in [0.2, 0.25) is 10.0 Å². The monoisotopic (exact) mass is 488 g/mol. The quantitative estimate of drug-likeness (QED) is 0.566. The summed E-state index contributed by atoms with van der Waals surface area (Å²) in [6.45, 7) is 6.83. The second-order valence-corrected chi connectivity index (χ2v) is 10.3. The van der Waals surface area contributed by atoms with Gasteiger partial charge in [0.05, 0.1) is 20.3 Å². The summed E-state index contributed by atoms with van der Waals surface area (Å²) in [5.41, 5.74) is 2.46. The van der Waals surface area contributed by atoms with Crippen LogP contribution >= 0.6 is 0 Å². The van der Waals surface area contributed by atoms with Crippen molar-refractivity contribution in [3.8, 4) is 17.2 Å². The van der Waals surface area contributed by atoms with Crippen LogP contribution in [0.3, 0.4) is 0 Å². The molecule has 34 heavy (non-hydrogen) atoms. The number of carbonyl (C=O) groups excluding carboxylic acids is 1. The summed E-state index contributed by atoms with van der Waals surface area (Å²) >= 11 is 0. The Balaban J connectivity index is 1.61. The lowest BCUT2D eigenvalue weighted by Gasteiger charge is -2.30. The van der Waals surface area contributed by atoms with Gasteiger partial charge in [0.15, 0.2) is 11.5 Å². The summed E-state index contributed by atoms with van der Waals surface area (Å²) in [5, 5.41) is 0. The fraction of sp³-hybridized carbons (Fsp3) is 0.480. The zero-order valence-corrected chi connectivity index (χ0v) is 20.8. The summed E-state index contributed by atoms with van der Waals surface area (Å²) < 4.78 is 44.7. The van der Waals surface area contributed by atoms with E-state index in [1.165, 1.54) is 17.5 Å². The van der Waals surface area contributed by atoms with Gasteiger partial charge >= 0.3 is 0 Å². The van der Waals surface area contributed by atoms with Crippen LogP contribution in [0.1, 0.15) is 48.2 Å². The smallest absolute Gasteiger partial charge is 0.254 e. The zero-order valence-electron chi connectivity index (χ0n) is 20.0. The third kappa shape index (κ3) is 4.72. The molecule has 0 aromatic heterocycles. The maximum Gasteiger partial charge on any atom is 0.254 e. The van der Waals surface area contributed by atoms with Gasteiger partial charge < -0.3 is 19.1 Å². The lowest BCUT2D eigenvalue weighted by atomic mass is 9.98. The Morgan fingerprint density at radius 1 is 0.912 bits per heavy atom. The number of nitrogens with zero attached hydrogens (tertiary/aromatic N) is 2. The first-order chi connectivity index (χ1) is 16.4. The van der Waals surface area contributed by atoms with E-state index in [9.17, 15) is 13.2 Å². The molecule has 1 saturated heterocycles. The molecule has 2 heterocycles. The summed E-state index contributed by atoms with van der Waals surface area (Å²) in [5.74, 6) is 1.42. The summed E-state index contributed by atoms with van der Waals surface area (Å²) in [6, 6.07) is 8.59. The number of hydrogen-bond acceptors (Lipinski definition) is 6. The highest BCUT2D eigenvalue weighted by Crippen LogP contribution is 2.35. The maximum atomic E-state index is 13.4. The SMILES string of the molecule is CCOc1cc2c(cc1OCC)CN(C(=O)c1ccc(OC)c(S(=O)(=O)N3CCCC3)c1)CC2. The molecule has 2 aromatic carbocycles. The van der Waals surface area contributed by atoms with Crippen molar-refractivity contribution in [1.82, 2.24) is 9.21 Å². The van der Waals surface area contributed by atoms with E-state index < -0.39 is 10.0 Å². The number of carbonyl (C=O) groups is 1. The van der Waals surface area contributed by atoms with Gasteiger partial charge in [-0.15, -0.1) is 0 Å². The van der Waals surface area contributed by atoms with Crippen LogP contribution in [-0.4, -0.2) is 63.5 Å². The standard InChI is InChI=1S/C25H32N2O6S/c1-4-32-22-14-18-10-13-26(17-20(18)15-23(22)33-5-2)25(28)19-8-9-21(31-3)24(16-19)34(29,30)27-11-6-7-12-27/h8-9,14-16H,4-7,10-13,17H2,1-3H3. The van der Waals surface area contributed by atoms with Crippen molar-refractivity contribution < 1.29 is 27.4 Å². The van der Waals surface area contributed by atoms with E-state index in [1.54, 1.807) is 17.0 Å². The molecule has 9 heteroatoms. The van der Waals surface area contributed by atoms with Gasteiger partial charge in [0.1, 0.15) is 10.6 Å². The molecular weight excluding hydrogens is 456 g/mol. The maximum absolute atomic E-state index is 13.4. The van der Waals surface area contributed by atoms with Crippen LogP contribution in [-0.2, 0) is 23.0 Å². The van der Waals surface area contributed by atoms with E-state index in [2.05, 4.69) is 0 Å². The van der Waals surface area contributed by atoms with Crippen LogP contribution in [0.4, 0.5) is 0 Å². The number of rotatable bonds is 8. The third-order valence-electron chi connectivity index (χ3n) is 6.26. The molecule has 1 fully saturated rings. The van der Waals surface area contributed by atoms with Crippen molar-refractivity contribution in [3.05, 3.63) is 47.0 Å². The van der Waals surface area contributed by atoms with Crippen molar-refractivity contribution >= 4 is 15.9 Å². The number of fused-ring (bicyclic) bond motifs is 1. The van der Waals surface area contributed by atoms with Crippen LogP contribution < -0.4 is 14.2 Å². The van der Waals surface area contributed by atoms with E-state index in [0.29, 0.717) is 57.1 Å². The second-order valence-electron chi connectivity index (χ2n) is 8.39.